The zero-order valence-corrected chi connectivity index (χ0v) is 51.5. The molecular formula is C66H64N6O16S. The van der Waals surface area contributed by atoms with Gasteiger partial charge < -0.3 is 56.5 Å². The van der Waals surface area contributed by atoms with Gasteiger partial charge in [-0.25, -0.2) is 14.4 Å². The molecule has 7 aromatic rings. The fraction of sp³-hybridized carbons (Fsp3) is 0.379. The number of hydrogen-bond donors (Lipinski definition) is 1. The zero-order valence-electron chi connectivity index (χ0n) is 50.6. The van der Waals surface area contributed by atoms with Gasteiger partial charge in [-0.3, -0.25) is 29.5 Å². The van der Waals surface area contributed by atoms with E-state index < -0.39 is 76.1 Å². The van der Waals surface area contributed by atoms with Gasteiger partial charge in [0.2, 0.25) is 6.79 Å². The van der Waals surface area contributed by atoms with Crippen molar-refractivity contribution < 1.29 is 65.9 Å². The molecule has 22 nitrogen and oxygen atoms in total. The van der Waals surface area contributed by atoms with Gasteiger partial charge in [0.15, 0.2) is 40.0 Å². The molecule has 0 saturated carbocycles. The molecule has 5 aromatic carbocycles. The minimum absolute atomic E-state index is 0.0233. The van der Waals surface area contributed by atoms with E-state index in [-0.39, 0.29) is 61.5 Å². The number of anilines is 2. The summed E-state index contributed by atoms with van der Waals surface area (Å²) in [5.41, 5.74) is 5.10. The molecule has 0 radical (unpaired) electrons. The molecule has 1 unspecified atom stereocenters. The van der Waals surface area contributed by atoms with Crippen LogP contribution >= 0.6 is 11.8 Å². The molecule has 0 aliphatic carbocycles. The standard InChI is InChI=1S/C66H64N6O16S/c1-31-17-37-18-43-44(27-67)72-45-28-81-65(78)66(42-26-48(79-9)49(19-34(42)15-16-68-66)87-52(76)22-35-20-50(74)85-46-24-38(69(4)5)11-13-40(35)46)29-89-64(56-55(45)62-61(82-30-83-62)32(2)60(56)84-33(3)73)58(72)57(71(43)8)54(37)63(59(31)80-10)88-53(77)23-36-21-51(75)86-47-25-39(70(6)7)12-14-41(36)47/h11-14,17,19-21,24-26,43-45,57-58,64,68H,15-16,18,22-23,28-30H2,1-10H3/t43-,44+,45-,57-,58?,64-,66-/m1/s1. The number of fused-ring (bicyclic) bond motifs is 11. The number of hydrogen-bond acceptors (Lipinski definition) is 23. The summed E-state index contributed by atoms with van der Waals surface area (Å²) in [4.78, 5) is 91.8. The van der Waals surface area contributed by atoms with Crippen LogP contribution in [0.25, 0.3) is 21.9 Å². The summed E-state index contributed by atoms with van der Waals surface area (Å²) < 4.78 is 61.6. The van der Waals surface area contributed by atoms with Gasteiger partial charge in [-0.15, -0.1) is 11.8 Å². The number of methoxy groups -OCH3 is 2. The Morgan fingerprint density at radius 1 is 0.753 bits per heavy atom. The lowest BCUT2D eigenvalue weighted by atomic mass is 9.71. The summed E-state index contributed by atoms with van der Waals surface area (Å²) >= 11 is 1.39. The van der Waals surface area contributed by atoms with Crippen molar-refractivity contribution in [3.05, 3.63) is 143 Å². The largest absolute Gasteiger partial charge is 0.493 e. The molecule has 2 saturated heterocycles. The first-order valence-corrected chi connectivity index (χ1v) is 30.2. The van der Waals surface area contributed by atoms with Crippen molar-refractivity contribution in [1.29, 1.82) is 5.26 Å². The monoisotopic (exact) mass is 1230 g/mol. The van der Waals surface area contributed by atoms with Gasteiger partial charge in [0.25, 0.3) is 0 Å². The highest BCUT2D eigenvalue weighted by Crippen LogP contribution is 2.65. The third kappa shape index (κ3) is 9.74. The smallest absolute Gasteiger partial charge is 0.336 e. The van der Waals surface area contributed by atoms with E-state index in [2.05, 4.69) is 21.2 Å². The first-order chi connectivity index (χ1) is 42.7. The van der Waals surface area contributed by atoms with Crippen LogP contribution in [0.2, 0.25) is 0 Å². The van der Waals surface area contributed by atoms with Crippen molar-refractivity contribution in [3.63, 3.8) is 0 Å². The minimum Gasteiger partial charge on any atom is -0.493 e. The molecule has 4 bridgehead atoms. The third-order valence-electron chi connectivity index (χ3n) is 18.2. The molecule has 1 N–H and O–H groups in total. The Hall–Kier alpha value is -9.08. The maximum absolute atomic E-state index is 15.6. The predicted octanol–water partition coefficient (Wildman–Crippen LogP) is 7.22. The van der Waals surface area contributed by atoms with Crippen LogP contribution in [0.5, 0.6) is 40.2 Å². The predicted molar refractivity (Wildman–Crippen MR) is 327 cm³/mol. The van der Waals surface area contributed by atoms with Crippen molar-refractivity contribution >= 4 is 69.0 Å². The maximum atomic E-state index is 15.6. The average molecular weight is 1230 g/mol. The SMILES string of the molecule is COc1cc2c(cc1OC(=O)Cc1cc(=O)oc3cc(N(C)C)ccc13)CCN[C@]21CS[C@@H]2c3c(OC(C)=O)c(C)c4c(c3[C@@H](COC1=O)N1C2[C@H]2c3c(cc(C)c(OC)c3OC(=O)Cc3cc(=O)oc5cc(N(C)C)ccc35)C[C@H]([C@@H]1C#N)N2C)OCO4. The van der Waals surface area contributed by atoms with E-state index >= 15 is 4.79 Å². The highest BCUT2D eigenvalue weighted by Gasteiger charge is 2.62. The molecule has 460 valence electrons. The Kier molecular flexibility index (Phi) is 14.9. The van der Waals surface area contributed by atoms with Crippen molar-refractivity contribution in [1.82, 2.24) is 15.1 Å². The van der Waals surface area contributed by atoms with E-state index in [1.165, 1.54) is 45.0 Å². The van der Waals surface area contributed by atoms with Crippen LogP contribution in [-0.4, -0.2) is 127 Å². The fourth-order valence-electron chi connectivity index (χ4n) is 14.2. The first kappa shape index (κ1) is 58.9. The van der Waals surface area contributed by atoms with E-state index in [1.807, 2.05) is 70.2 Å². The molecule has 23 heteroatoms. The van der Waals surface area contributed by atoms with Gasteiger partial charge in [0, 0.05) is 128 Å². The van der Waals surface area contributed by atoms with Gasteiger partial charge in [-0.1, -0.05) is 6.07 Å². The summed E-state index contributed by atoms with van der Waals surface area (Å²) in [6, 6.07) is 17.7. The molecule has 2 aromatic heterocycles. The molecule has 7 aliphatic rings. The molecule has 1 spiro atoms. The molecule has 0 amide bonds. The van der Waals surface area contributed by atoms with E-state index in [0.29, 0.717) is 102 Å². The number of likely N-dealkylation sites (N-methyl/N-ethyl adjacent to an activating group) is 1. The molecule has 14 rings (SSSR count). The number of esters is 4. The number of aryl methyl sites for hydroxylation is 1. The number of nitrogens with one attached hydrogen (secondary N) is 1. The third-order valence-corrected chi connectivity index (χ3v) is 19.6. The molecule has 9 heterocycles. The van der Waals surface area contributed by atoms with Crippen LogP contribution < -0.4 is 59.5 Å². The average Bonchev–Trinajstić information content (AvgIpc) is 1.37. The van der Waals surface area contributed by atoms with Gasteiger partial charge in [-0.2, -0.15) is 5.26 Å². The number of nitrogens with zero attached hydrogens (tertiary/aromatic N) is 5. The molecule has 7 atom stereocenters. The number of nitriles is 1. The molecule has 2 fully saturated rings. The van der Waals surface area contributed by atoms with E-state index in [9.17, 15) is 29.2 Å². The van der Waals surface area contributed by atoms with Crippen LogP contribution in [0, 0.1) is 25.2 Å². The maximum Gasteiger partial charge on any atom is 0.336 e. The van der Waals surface area contributed by atoms with Crippen molar-refractivity contribution in [2.45, 2.75) is 87.5 Å². The van der Waals surface area contributed by atoms with Crippen molar-refractivity contribution in [2.24, 2.45) is 0 Å². The lowest BCUT2D eigenvalue weighted by Gasteiger charge is -2.62. The number of thioether (sulfide) groups is 1. The normalized spacial score (nSPS) is 22.2. The number of carbonyl (C=O) groups excluding carboxylic acids is 4. The Labute approximate surface area is 515 Å². The zero-order chi connectivity index (χ0) is 62.6. The number of ether oxygens (including phenoxy) is 8. The lowest BCUT2D eigenvalue weighted by Crippen LogP contribution is -2.69. The molecular weight excluding hydrogens is 1160 g/mol. The van der Waals surface area contributed by atoms with Gasteiger partial charge in [0.05, 0.1) is 50.5 Å². The molecule has 7 aliphatic heterocycles. The first-order valence-electron chi connectivity index (χ1n) is 29.1. The van der Waals surface area contributed by atoms with Crippen LogP contribution in [0.15, 0.2) is 85.2 Å². The summed E-state index contributed by atoms with van der Waals surface area (Å²) in [5, 5.41) is 15.6. The second-order valence-corrected chi connectivity index (χ2v) is 24.8. The summed E-state index contributed by atoms with van der Waals surface area (Å²) in [5.74, 6) is -0.941. The van der Waals surface area contributed by atoms with Crippen LogP contribution in [0.4, 0.5) is 11.4 Å². The quantitative estimate of drug-likeness (QED) is 0.0762. The van der Waals surface area contributed by atoms with E-state index in [0.717, 1.165) is 16.9 Å². The Morgan fingerprint density at radius 2 is 1.40 bits per heavy atom. The number of rotatable bonds is 11. The molecule has 89 heavy (non-hydrogen) atoms. The Bertz CT molecular complexity index is 4340. The number of carbonyl (C=O) groups is 4. The van der Waals surface area contributed by atoms with Crippen molar-refractivity contribution in [3.8, 4) is 46.3 Å². The second-order valence-electron chi connectivity index (χ2n) is 23.7. The topological polar surface area (TPSA) is 251 Å². The number of benzene rings is 5. The van der Waals surface area contributed by atoms with Crippen LogP contribution in [-0.2, 0) is 55.1 Å². The van der Waals surface area contributed by atoms with Gasteiger partial charge in [0.1, 0.15) is 29.6 Å². The highest BCUT2D eigenvalue weighted by molar-refractivity contribution is 7.99. The van der Waals surface area contributed by atoms with Crippen LogP contribution in [0.3, 0.4) is 0 Å². The fourth-order valence-corrected chi connectivity index (χ4v) is 15.9. The second kappa shape index (κ2) is 22.5. The Balaban J connectivity index is 0.932. The van der Waals surface area contributed by atoms with E-state index in [1.54, 1.807) is 43.3 Å². The number of piperazine rings is 1. The summed E-state index contributed by atoms with van der Waals surface area (Å²) in [7, 11) is 12.4. The minimum atomic E-state index is -1.60. The van der Waals surface area contributed by atoms with Crippen molar-refractivity contribution in [2.75, 3.05) is 85.0 Å². The van der Waals surface area contributed by atoms with E-state index in [4.69, 9.17) is 46.7 Å². The highest BCUT2D eigenvalue weighted by atomic mass is 32.2. The van der Waals surface area contributed by atoms with Gasteiger partial charge >= 0.3 is 35.1 Å². The summed E-state index contributed by atoms with van der Waals surface area (Å²) in [6.45, 7) is 4.78. The Morgan fingerprint density at radius 3 is 2.02 bits per heavy atom. The summed E-state index contributed by atoms with van der Waals surface area (Å²) in [6.07, 6.45) is 0.149. The lowest BCUT2D eigenvalue weighted by molar-refractivity contribution is -0.157. The van der Waals surface area contributed by atoms with Gasteiger partial charge in [-0.05, 0) is 104 Å². The van der Waals surface area contributed by atoms with Crippen LogP contribution in [0.1, 0.15) is 79.9 Å².